The number of nitrogens with zero attached hydrogens (tertiary/aromatic N) is 1. The first-order chi connectivity index (χ1) is 15.5. The molecule has 7 heteroatoms. The van der Waals surface area contributed by atoms with E-state index in [1.54, 1.807) is 38.5 Å². The molecule has 1 aliphatic rings. The van der Waals surface area contributed by atoms with Crippen LogP contribution in [-0.4, -0.2) is 50.7 Å². The zero-order valence-corrected chi connectivity index (χ0v) is 19.0. The largest absolute Gasteiger partial charge is 0.495 e. The minimum Gasteiger partial charge on any atom is -0.495 e. The quantitative estimate of drug-likeness (QED) is 0.423. The van der Waals surface area contributed by atoms with Crippen LogP contribution in [0.15, 0.2) is 54.2 Å². The Labute approximate surface area is 189 Å². The van der Waals surface area contributed by atoms with Gasteiger partial charge in [0, 0.05) is 20.3 Å². The fourth-order valence-electron chi connectivity index (χ4n) is 3.39. The van der Waals surface area contributed by atoms with Gasteiger partial charge in [0.25, 0.3) is 11.8 Å². The number of amides is 2. The van der Waals surface area contributed by atoms with E-state index in [2.05, 4.69) is 19.2 Å². The van der Waals surface area contributed by atoms with Crippen molar-refractivity contribution in [1.29, 1.82) is 0 Å². The van der Waals surface area contributed by atoms with Crippen molar-refractivity contribution in [2.24, 2.45) is 5.92 Å². The predicted molar refractivity (Wildman–Crippen MR) is 124 cm³/mol. The predicted octanol–water partition coefficient (Wildman–Crippen LogP) is 3.96. The summed E-state index contributed by atoms with van der Waals surface area (Å²) in [6.07, 6.45) is 0.561. The SMILES string of the molecule is COCCCN1C(=O)C(Nc2ccccc2OC)=C(c2ccc(OCC(C)C)cc2)C1=O. The lowest BCUT2D eigenvalue weighted by Crippen LogP contribution is -2.33. The van der Waals surface area contributed by atoms with E-state index in [4.69, 9.17) is 14.2 Å². The lowest BCUT2D eigenvalue weighted by molar-refractivity contribution is -0.136. The van der Waals surface area contributed by atoms with Gasteiger partial charge in [0.2, 0.25) is 0 Å². The molecule has 1 N–H and O–H groups in total. The van der Waals surface area contributed by atoms with Gasteiger partial charge in [0.15, 0.2) is 0 Å². The van der Waals surface area contributed by atoms with Crippen molar-refractivity contribution in [3.63, 3.8) is 0 Å². The molecule has 0 bridgehead atoms. The third-order valence-corrected chi connectivity index (χ3v) is 4.99. The summed E-state index contributed by atoms with van der Waals surface area (Å²) in [5, 5.41) is 3.14. The lowest BCUT2D eigenvalue weighted by atomic mass is 10.0. The number of benzene rings is 2. The van der Waals surface area contributed by atoms with Crippen molar-refractivity contribution < 1.29 is 23.8 Å². The van der Waals surface area contributed by atoms with Gasteiger partial charge in [-0.1, -0.05) is 38.1 Å². The van der Waals surface area contributed by atoms with Gasteiger partial charge in [-0.25, -0.2) is 0 Å². The first-order valence-corrected chi connectivity index (χ1v) is 10.7. The van der Waals surface area contributed by atoms with E-state index >= 15 is 0 Å². The van der Waals surface area contributed by atoms with E-state index < -0.39 is 0 Å². The zero-order chi connectivity index (χ0) is 23.1. The Balaban J connectivity index is 1.95. The minimum atomic E-state index is -0.368. The van der Waals surface area contributed by atoms with Crippen LogP contribution < -0.4 is 14.8 Å². The van der Waals surface area contributed by atoms with Crippen molar-refractivity contribution in [2.75, 3.05) is 39.3 Å². The average molecular weight is 439 g/mol. The van der Waals surface area contributed by atoms with Crippen LogP contribution >= 0.6 is 0 Å². The molecule has 0 spiro atoms. The van der Waals surface area contributed by atoms with Gasteiger partial charge in [-0.05, 0) is 42.2 Å². The molecule has 3 rings (SSSR count). The zero-order valence-electron chi connectivity index (χ0n) is 19.0. The molecule has 0 aromatic heterocycles. The maximum Gasteiger partial charge on any atom is 0.278 e. The van der Waals surface area contributed by atoms with Gasteiger partial charge in [0.1, 0.15) is 17.2 Å². The Morgan fingerprint density at radius 2 is 1.69 bits per heavy atom. The molecule has 7 nitrogen and oxygen atoms in total. The number of ether oxygens (including phenoxy) is 3. The van der Waals surface area contributed by atoms with Gasteiger partial charge >= 0.3 is 0 Å². The standard InChI is InChI=1S/C25H30N2O5/c1-17(2)16-32-19-12-10-18(11-13-19)22-23(26-20-8-5-6-9-21(20)31-4)25(29)27(24(22)28)14-7-15-30-3/h5-6,8-13,17,26H,7,14-16H2,1-4H3. The van der Waals surface area contributed by atoms with Crippen molar-refractivity contribution in [3.8, 4) is 11.5 Å². The van der Waals surface area contributed by atoms with Crippen molar-refractivity contribution >= 4 is 23.1 Å². The molecule has 0 saturated carbocycles. The fraction of sp³-hybridized carbons (Fsp3) is 0.360. The summed E-state index contributed by atoms with van der Waals surface area (Å²) in [4.78, 5) is 27.7. The summed E-state index contributed by atoms with van der Waals surface area (Å²) in [5.74, 6) is 1.00. The molecule has 1 heterocycles. The second-order valence-corrected chi connectivity index (χ2v) is 7.91. The number of carbonyl (C=O) groups excluding carboxylic acids is 2. The fourth-order valence-corrected chi connectivity index (χ4v) is 3.39. The lowest BCUT2D eigenvalue weighted by Gasteiger charge is -2.15. The van der Waals surface area contributed by atoms with E-state index in [9.17, 15) is 9.59 Å². The van der Waals surface area contributed by atoms with Crippen LogP contribution in [0.5, 0.6) is 11.5 Å². The van der Waals surface area contributed by atoms with Crippen molar-refractivity contribution in [2.45, 2.75) is 20.3 Å². The van der Waals surface area contributed by atoms with Crippen molar-refractivity contribution in [1.82, 2.24) is 4.90 Å². The monoisotopic (exact) mass is 438 g/mol. The number of imide groups is 1. The molecular formula is C25H30N2O5. The Morgan fingerprint density at radius 1 is 0.969 bits per heavy atom. The molecule has 0 radical (unpaired) electrons. The number of nitrogens with one attached hydrogen (secondary N) is 1. The highest BCUT2D eigenvalue weighted by Crippen LogP contribution is 2.34. The van der Waals surface area contributed by atoms with Crippen LogP contribution in [0, 0.1) is 5.92 Å². The highest BCUT2D eigenvalue weighted by Gasteiger charge is 2.39. The average Bonchev–Trinajstić information content (AvgIpc) is 3.02. The molecule has 2 amide bonds. The number of hydrogen-bond donors (Lipinski definition) is 1. The smallest absolute Gasteiger partial charge is 0.278 e. The van der Waals surface area contributed by atoms with Crippen LogP contribution in [-0.2, 0) is 14.3 Å². The molecular weight excluding hydrogens is 408 g/mol. The van der Waals surface area contributed by atoms with E-state index in [1.807, 2.05) is 24.3 Å². The Hall–Kier alpha value is -3.32. The van der Waals surface area contributed by atoms with Gasteiger partial charge in [0.05, 0.1) is 25.0 Å². The Bertz CT molecular complexity index is 982. The first kappa shape index (κ1) is 23.3. The third-order valence-electron chi connectivity index (χ3n) is 4.99. The molecule has 170 valence electrons. The van der Waals surface area contributed by atoms with E-state index in [-0.39, 0.29) is 24.1 Å². The van der Waals surface area contributed by atoms with E-state index in [0.29, 0.717) is 48.1 Å². The maximum atomic E-state index is 13.3. The van der Waals surface area contributed by atoms with Gasteiger partial charge in [-0.3, -0.25) is 14.5 Å². The summed E-state index contributed by atoms with van der Waals surface area (Å²) in [5.41, 5.74) is 1.81. The summed E-state index contributed by atoms with van der Waals surface area (Å²) >= 11 is 0. The normalized spacial score (nSPS) is 13.8. The molecule has 0 saturated heterocycles. The van der Waals surface area contributed by atoms with Crippen LogP contribution in [0.1, 0.15) is 25.8 Å². The molecule has 2 aromatic rings. The second-order valence-electron chi connectivity index (χ2n) is 7.91. The Kier molecular flexibility index (Phi) is 7.89. The summed E-state index contributed by atoms with van der Waals surface area (Å²) in [6, 6.07) is 14.5. The Morgan fingerprint density at radius 3 is 2.34 bits per heavy atom. The van der Waals surface area contributed by atoms with Crippen LogP contribution in [0.3, 0.4) is 0 Å². The topological polar surface area (TPSA) is 77.1 Å². The highest BCUT2D eigenvalue weighted by molar-refractivity contribution is 6.36. The summed E-state index contributed by atoms with van der Waals surface area (Å²) in [7, 11) is 3.15. The number of carbonyl (C=O) groups is 2. The number of rotatable bonds is 11. The minimum absolute atomic E-state index is 0.229. The van der Waals surface area contributed by atoms with Gasteiger partial charge in [-0.15, -0.1) is 0 Å². The number of anilines is 1. The summed E-state index contributed by atoms with van der Waals surface area (Å²) in [6.45, 7) is 5.50. The molecule has 0 unspecified atom stereocenters. The van der Waals surface area contributed by atoms with Gasteiger partial charge < -0.3 is 19.5 Å². The van der Waals surface area contributed by atoms with Crippen LogP contribution in [0.2, 0.25) is 0 Å². The number of methoxy groups -OCH3 is 2. The van der Waals surface area contributed by atoms with E-state index in [1.165, 1.54) is 4.90 Å². The van der Waals surface area contributed by atoms with Crippen molar-refractivity contribution in [3.05, 3.63) is 59.8 Å². The molecule has 1 aliphatic heterocycles. The molecule has 0 aliphatic carbocycles. The molecule has 2 aromatic carbocycles. The highest BCUT2D eigenvalue weighted by atomic mass is 16.5. The number of hydrogen-bond acceptors (Lipinski definition) is 6. The van der Waals surface area contributed by atoms with Gasteiger partial charge in [-0.2, -0.15) is 0 Å². The first-order valence-electron chi connectivity index (χ1n) is 10.7. The second kappa shape index (κ2) is 10.8. The number of para-hydroxylation sites is 2. The third kappa shape index (κ3) is 5.29. The maximum absolute atomic E-state index is 13.3. The van der Waals surface area contributed by atoms with Crippen LogP contribution in [0.25, 0.3) is 5.57 Å². The molecule has 0 atom stereocenters. The molecule has 0 fully saturated rings. The van der Waals surface area contributed by atoms with E-state index in [0.717, 1.165) is 5.75 Å². The van der Waals surface area contributed by atoms with Crippen LogP contribution in [0.4, 0.5) is 5.69 Å². The molecule has 32 heavy (non-hydrogen) atoms. The summed E-state index contributed by atoms with van der Waals surface area (Å²) < 4.78 is 16.2.